The SMILES string of the molecule is CCCCCCCCC(CCCCCC)(CCCCCCC(CCCCCCC(CCCCCC)(CCCCCCCC)C(=O)O)OC(=O)OCCN(CCN(CC)CC)C(C)C)C(=O)O. The number of hydrogen-bond donors (Lipinski definition) is 2. The van der Waals surface area contributed by atoms with Gasteiger partial charge < -0.3 is 24.6 Å². The standard InChI is InChI=1S/C57H112N2O7/c1-9-15-19-23-27-35-43-56(53(60)61,41-33-21-17-11-3)45-37-29-25-31-39-52(66-55(64)65-50-49-59(51(7)8)48-47-58(13-5)14-6)40-32-26-30-38-46-57(54(62)63,42-34-22-18-12-4)44-36-28-24-20-16-10-2/h51-52H,9-50H2,1-8H3,(H,60,61)(H,62,63). The van der Waals surface area contributed by atoms with Gasteiger partial charge in [0, 0.05) is 25.7 Å². The zero-order valence-electron chi connectivity index (χ0n) is 45.2. The first-order valence-electron chi connectivity index (χ1n) is 28.7. The van der Waals surface area contributed by atoms with Gasteiger partial charge in [0.25, 0.3) is 0 Å². The molecule has 0 fully saturated rings. The second kappa shape index (κ2) is 43.2. The Balaban J connectivity index is 5.55. The van der Waals surface area contributed by atoms with Gasteiger partial charge in [-0.05, 0) is 91.1 Å². The molecule has 0 aliphatic heterocycles. The summed E-state index contributed by atoms with van der Waals surface area (Å²) in [5, 5.41) is 21.2. The van der Waals surface area contributed by atoms with Crippen molar-refractivity contribution in [1.82, 2.24) is 9.80 Å². The highest BCUT2D eigenvalue weighted by Crippen LogP contribution is 2.39. The lowest BCUT2D eigenvalue weighted by Crippen LogP contribution is -2.40. The summed E-state index contributed by atoms with van der Waals surface area (Å²) >= 11 is 0. The van der Waals surface area contributed by atoms with Gasteiger partial charge in [-0.25, -0.2) is 4.79 Å². The third-order valence-corrected chi connectivity index (χ3v) is 15.0. The molecular formula is C57H112N2O7. The number of likely N-dealkylation sites (N-methyl/N-ethyl adjacent to an activating group) is 1. The molecule has 0 saturated carbocycles. The Morgan fingerprint density at radius 1 is 0.439 bits per heavy atom. The van der Waals surface area contributed by atoms with Crippen LogP contribution in [0.5, 0.6) is 0 Å². The maximum atomic E-state index is 13.2. The van der Waals surface area contributed by atoms with Crippen LogP contribution in [0.1, 0.15) is 287 Å². The third-order valence-electron chi connectivity index (χ3n) is 15.0. The normalized spacial score (nSPS) is 14.2. The fourth-order valence-electron chi connectivity index (χ4n) is 10.2. The minimum absolute atomic E-state index is 0.227. The summed E-state index contributed by atoms with van der Waals surface area (Å²) in [6.45, 7) is 22.6. The first-order valence-corrected chi connectivity index (χ1v) is 28.7. The van der Waals surface area contributed by atoms with Crippen molar-refractivity contribution in [1.29, 1.82) is 0 Å². The molecule has 2 atom stereocenters. The zero-order valence-corrected chi connectivity index (χ0v) is 45.2. The predicted octanol–water partition coefficient (Wildman–Crippen LogP) is 16.8. The van der Waals surface area contributed by atoms with Crippen molar-refractivity contribution in [3.05, 3.63) is 0 Å². The highest BCUT2D eigenvalue weighted by atomic mass is 16.7. The molecule has 0 aromatic rings. The van der Waals surface area contributed by atoms with Gasteiger partial charge in [0.2, 0.25) is 0 Å². The van der Waals surface area contributed by atoms with Crippen molar-refractivity contribution in [3.8, 4) is 0 Å². The van der Waals surface area contributed by atoms with E-state index in [1.807, 2.05) is 0 Å². The Hall–Kier alpha value is -1.87. The summed E-state index contributed by atoms with van der Waals surface area (Å²) in [4.78, 5) is 43.7. The fraction of sp³-hybridized carbons (Fsp3) is 0.947. The van der Waals surface area contributed by atoms with E-state index in [0.29, 0.717) is 19.2 Å². The number of nitrogens with zero attached hydrogens (tertiary/aromatic N) is 2. The van der Waals surface area contributed by atoms with E-state index >= 15 is 0 Å². The molecule has 0 amide bonds. The van der Waals surface area contributed by atoms with Crippen LogP contribution < -0.4 is 0 Å². The van der Waals surface area contributed by atoms with E-state index in [-0.39, 0.29) is 6.10 Å². The average molecular weight is 938 g/mol. The lowest BCUT2D eigenvalue weighted by Gasteiger charge is -2.30. The number of rotatable bonds is 50. The maximum Gasteiger partial charge on any atom is 0.508 e. The molecular weight excluding hydrogens is 825 g/mol. The van der Waals surface area contributed by atoms with Crippen molar-refractivity contribution < 1.29 is 34.1 Å². The van der Waals surface area contributed by atoms with Gasteiger partial charge in [0.1, 0.15) is 12.7 Å². The van der Waals surface area contributed by atoms with Gasteiger partial charge in [0.05, 0.1) is 10.8 Å². The van der Waals surface area contributed by atoms with E-state index in [4.69, 9.17) is 9.47 Å². The minimum Gasteiger partial charge on any atom is -0.481 e. The van der Waals surface area contributed by atoms with Crippen LogP contribution in [0.3, 0.4) is 0 Å². The van der Waals surface area contributed by atoms with Gasteiger partial charge in [-0.1, -0.05) is 208 Å². The van der Waals surface area contributed by atoms with Crippen molar-refractivity contribution in [2.75, 3.05) is 39.3 Å². The van der Waals surface area contributed by atoms with Gasteiger partial charge in [-0.2, -0.15) is 0 Å². The van der Waals surface area contributed by atoms with Crippen molar-refractivity contribution >= 4 is 18.1 Å². The van der Waals surface area contributed by atoms with E-state index in [1.165, 1.54) is 64.2 Å². The zero-order chi connectivity index (χ0) is 49.2. The van der Waals surface area contributed by atoms with Crippen LogP contribution in [0, 0.1) is 10.8 Å². The molecule has 0 aliphatic rings. The lowest BCUT2D eigenvalue weighted by molar-refractivity contribution is -0.151. The first-order chi connectivity index (χ1) is 31.9. The molecule has 66 heavy (non-hydrogen) atoms. The fourth-order valence-corrected chi connectivity index (χ4v) is 10.2. The molecule has 2 unspecified atom stereocenters. The first kappa shape index (κ1) is 64.1. The second-order valence-electron chi connectivity index (χ2n) is 20.7. The molecule has 0 rings (SSSR count). The number of hydrogen-bond acceptors (Lipinski definition) is 7. The molecule has 0 aromatic carbocycles. The summed E-state index contributed by atoms with van der Waals surface area (Å²) < 4.78 is 11.8. The predicted molar refractivity (Wildman–Crippen MR) is 280 cm³/mol. The summed E-state index contributed by atoms with van der Waals surface area (Å²) in [5.41, 5.74) is -1.23. The number of ether oxygens (including phenoxy) is 2. The summed E-state index contributed by atoms with van der Waals surface area (Å²) in [6, 6.07) is 0.350. The number of carbonyl (C=O) groups excluding carboxylic acids is 1. The van der Waals surface area contributed by atoms with Gasteiger partial charge in [-0.3, -0.25) is 14.5 Å². The number of unbranched alkanes of at least 4 members (excludes halogenated alkanes) is 22. The number of carboxylic acid groups (broad SMARTS) is 2. The van der Waals surface area contributed by atoms with Gasteiger partial charge in [0.15, 0.2) is 0 Å². The second-order valence-corrected chi connectivity index (χ2v) is 20.7. The number of aliphatic carboxylic acids is 2. The third kappa shape index (κ3) is 32.0. The average Bonchev–Trinajstić information content (AvgIpc) is 3.29. The summed E-state index contributed by atoms with van der Waals surface area (Å²) in [5.74, 6) is -1.20. The topological polar surface area (TPSA) is 117 Å². The summed E-state index contributed by atoms with van der Waals surface area (Å²) in [7, 11) is 0. The molecule has 0 bridgehead atoms. The number of carbonyl (C=O) groups is 3. The Kier molecular flexibility index (Phi) is 41.9. The van der Waals surface area contributed by atoms with Crippen LogP contribution in [-0.2, 0) is 19.1 Å². The molecule has 0 spiro atoms. The molecule has 0 aromatic heterocycles. The largest absolute Gasteiger partial charge is 0.508 e. The van der Waals surface area contributed by atoms with Crippen LogP contribution >= 0.6 is 0 Å². The van der Waals surface area contributed by atoms with Gasteiger partial charge in [-0.15, -0.1) is 0 Å². The van der Waals surface area contributed by atoms with E-state index in [1.54, 1.807) is 0 Å². The molecule has 0 heterocycles. The van der Waals surface area contributed by atoms with Crippen LogP contribution in [0.4, 0.5) is 4.79 Å². The smallest absolute Gasteiger partial charge is 0.481 e. The van der Waals surface area contributed by atoms with E-state index < -0.39 is 28.9 Å². The monoisotopic (exact) mass is 937 g/mol. The molecule has 9 heteroatoms. The van der Waals surface area contributed by atoms with Crippen LogP contribution in [0.25, 0.3) is 0 Å². The molecule has 9 nitrogen and oxygen atoms in total. The Morgan fingerprint density at radius 3 is 1.08 bits per heavy atom. The Morgan fingerprint density at radius 2 is 0.758 bits per heavy atom. The van der Waals surface area contributed by atoms with Gasteiger partial charge >= 0.3 is 18.1 Å². The molecule has 2 N–H and O–H groups in total. The Bertz CT molecular complexity index is 1070. The highest BCUT2D eigenvalue weighted by Gasteiger charge is 2.37. The minimum atomic E-state index is -0.613. The molecule has 392 valence electrons. The summed E-state index contributed by atoms with van der Waals surface area (Å²) in [6.07, 6.45) is 36.0. The van der Waals surface area contributed by atoms with Crippen LogP contribution in [0.15, 0.2) is 0 Å². The van der Waals surface area contributed by atoms with Crippen molar-refractivity contribution in [2.45, 2.75) is 299 Å². The lowest BCUT2D eigenvalue weighted by atomic mass is 9.74. The highest BCUT2D eigenvalue weighted by molar-refractivity contribution is 5.75. The quantitative estimate of drug-likeness (QED) is 0.0454. The van der Waals surface area contributed by atoms with Crippen LogP contribution in [-0.4, -0.2) is 89.6 Å². The Labute approximate surface area is 409 Å². The maximum absolute atomic E-state index is 13.2. The molecule has 0 aliphatic carbocycles. The molecule has 0 saturated heterocycles. The van der Waals surface area contributed by atoms with E-state index in [9.17, 15) is 24.6 Å². The van der Waals surface area contributed by atoms with Crippen molar-refractivity contribution in [2.24, 2.45) is 10.8 Å². The van der Waals surface area contributed by atoms with Crippen molar-refractivity contribution in [3.63, 3.8) is 0 Å². The van der Waals surface area contributed by atoms with E-state index in [0.717, 1.165) is 193 Å². The van der Waals surface area contributed by atoms with E-state index in [2.05, 4.69) is 65.2 Å². The van der Waals surface area contributed by atoms with Crippen LogP contribution in [0.2, 0.25) is 0 Å². The molecule has 0 radical (unpaired) electrons. The number of carboxylic acids is 2.